The molecule has 1 aromatic heterocycles. The summed E-state index contributed by atoms with van der Waals surface area (Å²) >= 11 is 7.64. The van der Waals surface area contributed by atoms with E-state index in [0.717, 1.165) is 24.4 Å². The molecule has 8 heteroatoms. The van der Waals surface area contributed by atoms with E-state index in [4.69, 9.17) is 26.7 Å². The predicted octanol–water partition coefficient (Wildman–Crippen LogP) is 4.53. The van der Waals surface area contributed by atoms with Gasteiger partial charge >= 0.3 is 0 Å². The number of rotatable bonds is 5. The molecule has 0 aliphatic rings. The van der Waals surface area contributed by atoms with Gasteiger partial charge in [0.25, 0.3) is 0 Å². The number of hydrogen-bond donors (Lipinski definition) is 0. The van der Waals surface area contributed by atoms with E-state index in [1.807, 2.05) is 10.9 Å². The smallest absolute Gasteiger partial charge is 0.209 e. The van der Waals surface area contributed by atoms with E-state index >= 15 is 0 Å². The van der Waals surface area contributed by atoms with Crippen LogP contribution in [0.3, 0.4) is 0 Å². The number of amidine groups is 1. The second-order valence-electron chi connectivity index (χ2n) is 7.01. The summed E-state index contributed by atoms with van der Waals surface area (Å²) in [6, 6.07) is 5.15. The minimum Gasteiger partial charge on any atom is -0.496 e. The fourth-order valence-electron chi connectivity index (χ4n) is 2.29. The highest BCUT2D eigenvalue weighted by molar-refractivity contribution is 7.09. The molecule has 0 radical (unpaired) electrons. The van der Waals surface area contributed by atoms with Crippen LogP contribution in [-0.2, 0) is 12.0 Å². The first-order valence-electron chi connectivity index (χ1n) is 8.74. The highest BCUT2D eigenvalue weighted by atomic mass is 35.5. The number of aryl methyl sites for hydroxylation is 1. The topological polar surface area (TPSA) is 75.6 Å². The molecule has 0 fully saturated rings. The van der Waals surface area contributed by atoms with Crippen LogP contribution in [0.2, 0.25) is 5.02 Å². The molecule has 27 heavy (non-hydrogen) atoms. The number of unbranched alkanes of at least 4 members (excludes halogenated alkanes) is 1. The van der Waals surface area contributed by atoms with Crippen LogP contribution in [-0.4, -0.2) is 22.7 Å². The average molecular weight is 406 g/mol. The lowest BCUT2D eigenvalue weighted by Crippen LogP contribution is -2.19. The molecule has 0 N–H and O–H groups in total. The van der Waals surface area contributed by atoms with Crippen LogP contribution in [0.15, 0.2) is 28.2 Å². The molecule has 1 aromatic carbocycles. The SMILES string of the molecule is CCCCn1nc(C(C)(C)C)sc1=NC(=NC#N)c1cc(Cl)ccc1OC. The Hall–Kier alpha value is -2.17. The van der Waals surface area contributed by atoms with Crippen LogP contribution in [0.25, 0.3) is 0 Å². The molecule has 0 bridgehead atoms. The lowest BCUT2D eigenvalue weighted by molar-refractivity contribution is 0.414. The Balaban J connectivity index is 2.66. The molecule has 0 saturated carbocycles. The predicted molar refractivity (Wildman–Crippen MR) is 109 cm³/mol. The minimum absolute atomic E-state index is 0.0906. The number of aromatic nitrogens is 2. The lowest BCUT2D eigenvalue weighted by atomic mass is 9.98. The Morgan fingerprint density at radius 3 is 2.74 bits per heavy atom. The van der Waals surface area contributed by atoms with Crippen LogP contribution in [0.1, 0.15) is 51.1 Å². The minimum atomic E-state index is -0.0906. The van der Waals surface area contributed by atoms with Gasteiger partial charge in [-0.15, -0.1) is 0 Å². The molecule has 0 spiro atoms. The monoisotopic (exact) mass is 405 g/mol. The van der Waals surface area contributed by atoms with Gasteiger partial charge in [-0.25, -0.2) is 4.68 Å². The summed E-state index contributed by atoms with van der Waals surface area (Å²) in [5.74, 6) is 0.809. The van der Waals surface area contributed by atoms with Crippen LogP contribution in [0.5, 0.6) is 5.75 Å². The van der Waals surface area contributed by atoms with E-state index in [2.05, 4.69) is 37.7 Å². The maximum atomic E-state index is 9.16. The summed E-state index contributed by atoms with van der Waals surface area (Å²) in [5.41, 5.74) is 0.478. The maximum absolute atomic E-state index is 9.16. The Morgan fingerprint density at radius 1 is 1.41 bits per heavy atom. The van der Waals surface area contributed by atoms with Crippen molar-refractivity contribution >= 4 is 28.8 Å². The molecule has 144 valence electrons. The molecule has 0 saturated heterocycles. The van der Waals surface area contributed by atoms with Crippen molar-refractivity contribution in [2.75, 3.05) is 7.11 Å². The first-order valence-corrected chi connectivity index (χ1v) is 9.93. The van der Waals surface area contributed by atoms with E-state index < -0.39 is 0 Å². The van der Waals surface area contributed by atoms with E-state index in [-0.39, 0.29) is 11.3 Å². The van der Waals surface area contributed by atoms with Crippen LogP contribution >= 0.6 is 22.9 Å². The first-order chi connectivity index (χ1) is 12.8. The Bertz CT molecular complexity index is 931. The third-order valence-electron chi connectivity index (χ3n) is 3.75. The third-order valence-corrected chi connectivity index (χ3v) is 5.35. The van der Waals surface area contributed by atoms with Gasteiger partial charge in [0.05, 0.1) is 12.7 Å². The number of nitriles is 1. The number of aliphatic imine (C=N–C) groups is 1. The molecular formula is C19H24ClN5OS. The van der Waals surface area contributed by atoms with Gasteiger partial charge in [-0.3, -0.25) is 0 Å². The number of halogens is 1. The maximum Gasteiger partial charge on any atom is 0.209 e. The van der Waals surface area contributed by atoms with Gasteiger partial charge in [-0.1, -0.05) is 57.1 Å². The second kappa shape index (κ2) is 9.16. The van der Waals surface area contributed by atoms with Crippen molar-refractivity contribution < 1.29 is 4.74 Å². The number of methoxy groups -OCH3 is 1. The summed E-state index contributed by atoms with van der Waals surface area (Å²) in [6.45, 7) is 9.24. The summed E-state index contributed by atoms with van der Waals surface area (Å²) in [5, 5.41) is 15.4. The quantitative estimate of drug-likeness (QED) is 0.416. The molecule has 2 rings (SSSR count). The highest BCUT2D eigenvalue weighted by Gasteiger charge is 2.20. The summed E-state index contributed by atoms with van der Waals surface area (Å²) in [4.78, 5) is 9.28. The Labute approximate surface area is 168 Å². The molecule has 2 aromatic rings. The molecule has 0 aliphatic heterocycles. The van der Waals surface area contributed by atoms with Gasteiger partial charge in [0.15, 0.2) is 5.84 Å². The number of hydrogen-bond acceptors (Lipinski definition) is 5. The largest absolute Gasteiger partial charge is 0.496 e. The molecule has 0 amide bonds. The van der Waals surface area contributed by atoms with Gasteiger partial charge in [0.1, 0.15) is 10.8 Å². The van der Waals surface area contributed by atoms with Crippen LogP contribution < -0.4 is 9.54 Å². The van der Waals surface area contributed by atoms with E-state index in [0.29, 0.717) is 21.1 Å². The van der Waals surface area contributed by atoms with E-state index in [1.165, 1.54) is 11.3 Å². The van der Waals surface area contributed by atoms with Gasteiger partial charge in [-0.05, 0) is 24.6 Å². The van der Waals surface area contributed by atoms with Crippen LogP contribution in [0, 0.1) is 11.5 Å². The zero-order valence-electron chi connectivity index (χ0n) is 16.3. The molecule has 0 atom stereocenters. The van der Waals surface area contributed by atoms with Crippen LogP contribution in [0.4, 0.5) is 0 Å². The van der Waals surface area contributed by atoms with Crippen molar-refractivity contribution in [3.63, 3.8) is 0 Å². The highest BCUT2D eigenvalue weighted by Crippen LogP contribution is 2.25. The second-order valence-corrected chi connectivity index (χ2v) is 8.40. The lowest BCUT2D eigenvalue weighted by Gasteiger charge is -2.12. The van der Waals surface area contributed by atoms with Gasteiger partial charge < -0.3 is 4.74 Å². The van der Waals surface area contributed by atoms with Crippen molar-refractivity contribution in [2.45, 2.75) is 52.5 Å². The molecule has 0 unspecified atom stereocenters. The van der Waals surface area contributed by atoms with E-state index in [1.54, 1.807) is 25.3 Å². The van der Waals surface area contributed by atoms with Crippen molar-refractivity contribution in [3.05, 3.63) is 38.6 Å². The van der Waals surface area contributed by atoms with Gasteiger partial charge in [0, 0.05) is 17.0 Å². The fourth-order valence-corrected chi connectivity index (χ4v) is 3.45. The standard InChI is InChI=1S/C19H24ClN5OS/c1-6-7-10-25-18(27-17(24-25)19(2,3)4)23-16(22-12-21)14-11-13(20)8-9-15(14)26-5/h8-9,11H,6-7,10H2,1-5H3. The fraction of sp³-hybridized carbons (Fsp3) is 0.474. The van der Waals surface area contributed by atoms with Gasteiger partial charge in [-0.2, -0.15) is 20.3 Å². The zero-order chi connectivity index (χ0) is 20.0. The molecule has 1 heterocycles. The van der Waals surface area contributed by atoms with E-state index in [9.17, 15) is 0 Å². The van der Waals surface area contributed by atoms with Crippen molar-refractivity contribution in [1.29, 1.82) is 5.26 Å². The summed E-state index contributed by atoms with van der Waals surface area (Å²) in [6.07, 6.45) is 3.87. The summed E-state index contributed by atoms with van der Waals surface area (Å²) in [7, 11) is 1.56. The normalized spacial score (nSPS) is 12.9. The Morgan fingerprint density at radius 2 is 2.15 bits per heavy atom. The van der Waals surface area contributed by atoms with Crippen molar-refractivity contribution in [2.24, 2.45) is 9.98 Å². The molecular weight excluding hydrogens is 382 g/mol. The van der Waals surface area contributed by atoms with Crippen molar-refractivity contribution in [3.8, 4) is 11.9 Å². The summed E-state index contributed by atoms with van der Waals surface area (Å²) < 4.78 is 7.28. The number of benzene rings is 1. The average Bonchev–Trinajstić information content (AvgIpc) is 3.02. The first kappa shape index (κ1) is 21.1. The molecule has 0 aliphatic carbocycles. The Kier molecular flexibility index (Phi) is 7.17. The third kappa shape index (κ3) is 5.41. The number of nitrogens with zero attached hydrogens (tertiary/aromatic N) is 5. The zero-order valence-corrected chi connectivity index (χ0v) is 17.9. The number of ether oxygens (including phenoxy) is 1. The van der Waals surface area contributed by atoms with Crippen molar-refractivity contribution in [1.82, 2.24) is 9.78 Å². The van der Waals surface area contributed by atoms with Gasteiger partial charge in [0.2, 0.25) is 11.0 Å². The molecule has 6 nitrogen and oxygen atoms in total.